The zero-order valence-electron chi connectivity index (χ0n) is 15.6. The lowest BCUT2D eigenvalue weighted by atomic mass is 9.89. The first-order valence-electron chi connectivity index (χ1n) is 9.16. The summed E-state index contributed by atoms with van der Waals surface area (Å²) in [5, 5.41) is 3.45. The van der Waals surface area contributed by atoms with E-state index < -0.39 is 11.2 Å². The number of benzene rings is 2. The van der Waals surface area contributed by atoms with Gasteiger partial charge >= 0.3 is 0 Å². The van der Waals surface area contributed by atoms with Gasteiger partial charge in [0.1, 0.15) is 12.1 Å². The molecule has 4 rings (SSSR count). The van der Waals surface area contributed by atoms with E-state index in [0.29, 0.717) is 5.92 Å². The minimum atomic E-state index is -0.956. The van der Waals surface area contributed by atoms with Gasteiger partial charge in [-0.2, -0.15) is 0 Å². The second-order valence-corrected chi connectivity index (χ2v) is 8.58. The molecule has 1 aliphatic rings. The molecule has 3 aromatic rings. The molecular formula is C21H25N3OS. The maximum absolute atomic E-state index is 11.6. The van der Waals surface area contributed by atoms with Crippen LogP contribution in [0.25, 0.3) is 22.4 Å². The van der Waals surface area contributed by atoms with Crippen molar-refractivity contribution in [1.82, 2.24) is 14.9 Å². The van der Waals surface area contributed by atoms with Gasteiger partial charge in [-0.15, -0.1) is 0 Å². The van der Waals surface area contributed by atoms with Gasteiger partial charge in [0.2, 0.25) is 0 Å². The molecule has 4 nitrogen and oxygen atoms in total. The van der Waals surface area contributed by atoms with Gasteiger partial charge in [-0.25, -0.2) is 4.98 Å². The van der Waals surface area contributed by atoms with Crippen LogP contribution in [-0.2, 0) is 18.2 Å². The van der Waals surface area contributed by atoms with Gasteiger partial charge in [0, 0.05) is 12.6 Å². The second kappa shape index (κ2) is 7.06. The predicted octanol–water partition coefficient (Wildman–Crippen LogP) is 3.75. The molecule has 1 aliphatic heterocycles. The minimum Gasteiger partial charge on any atom is -0.612 e. The standard InChI is InChI=1S/C21H25N3OS/c1-14-12-17(15-8-10-22-11-9-15)13-19-20(14)23-21(24(19)2)16-4-6-18(7-5-16)26(3)25/h4-7,12-13,15,22H,8-11H2,1-3H3. The highest BCUT2D eigenvalue weighted by molar-refractivity contribution is 7.90. The van der Waals surface area contributed by atoms with Crippen molar-refractivity contribution in [2.24, 2.45) is 7.05 Å². The minimum absolute atomic E-state index is 0.636. The Labute approximate surface area is 157 Å². The van der Waals surface area contributed by atoms with E-state index in [-0.39, 0.29) is 0 Å². The van der Waals surface area contributed by atoms with Crippen LogP contribution >= 0.6 is 0 Å². The lowest BCUT2D eigenvalue weighted by Gasteiger charge is -2.23. The first-order chi connectivity index (χ1) is 12.5. The summed E-state index contributed by atoms with van der Waals surface area (Å²) in [5.41, 5.74) is 5.99. The van der Waals surface area contributed by atoms with Crippen LogP contribution in [0.4, 0.5) is 0 Å². The maximum Gasteiger partial charge on any atom is 0.152 e. The number of fused-ring (bicyclic) bond motifs is 1. The van der Waals surface area contributed by atoms with Gasteiger partial charge in [-0.05, 0) is 91.4 Å². The molecule has 1 N–H and O–H groups in total. The molecule has 26 heavy (non-hydrogen) atoms. The Kier molecular flexibility index (Phi) is 4.78. The molecule has 0 amide bonds. The topological polar surface area (TPSA) is 52.9 Å². The normalized spacial score (nSPS) is 16.9. The zero-order chi connectivity index (χ0) is 18.3. The highest BCUT2D eigenvalue weighted by atomic mass is 32.2. The van der Waals surface area contributed by atoms with E-state index >= 15 is 0 Å². The number of nitrogens with zero attached hydrogens (tertiary/aromatic N) is 2. The SMILES string of the molecule is Cc1cc(C2CCNCC2)cc2c1nc(-c1ccc([S+](C)[O-])cc1)n2C. The zero-order valence-corrected chi connectivity index (χ0v) is 16.4. The van der Waals surface area contributed by atoms with Crippen LogP contribution in [0.3, 0.4) is 0 Å². The fourth-order valence-corrected chi connectivity index (χ4v) is 4.45. The Balaban J connectivity index is 1.77. The number of piperidine rings is 1. The Morgan fingerprint density at radius 2 is 1.85 bits per heavy atom. The Morgan fingerprint density at radius 3 is 2.50 bits per heavy atom. The van der Waals surface area contributed by atoms with Crippen molar-refractivity contribution < 1.29 is 4.55 Å². The lowest BCUT2D eigenvalue weighted by molar-refractivity contribution is 0.460. The molecule has 5 heteroatoms. The number of rotatable bonds is 3. The third-order valence-electron chi connectivity index (χ3n) is 5.45. The van der Waals surface area contributed by atoms with Crippen molar-refractivity contribution in [1.29, 1.82) is 0 Å². The first-order valence-corrected chi connectivity index (χ1v) is 10.7. The average molecular weight is 368 g/mol. The molecule has 1 unspecified atom stereocenters. The number of aromatic nitrogens is 2. The van der Waals surface area contributed by atoms with Crippen molar-refractivity contribution >= 4 is 22.2 Å². The Morgan fingerprint density at radius 1 is 1.15 bits per heavy atom. The molecule has 0 bridgehead atoms. The number of nitrogens with one attached hydrogen (secondary N) is 1. The summed E-state index contributed by atoms with van der Waals surface area (Å²) in [6.07, 6.45) is 4.10. The average Bonchev–Trinajstić information content (AvgIpc) is 3.00. The number of hydrogen-bond donors (Lipinski definition) is 1. The van der Waals surface area contributed by atoms with Gasteiger partial charge in [0.25, 0.3) is 0 Å². The van der Waals surface area contributed by atoms with Crippen LogP contribution in [0.1, 0.15) is 29.9 Å². The lowest BCUT2D eigenvalue weighted by Crippen LogP contribution is -2.26. The number of hydrogen-bond acceptors (Lipinski definition) is 3. The van der Waals surface area contributed by atoms with Gasteiger partial charge in [-0.1, -0.05) is 6.07 Å². The van der Waals surface area contributed by atoms with Crippen LogP contribution in [0.15, 0.2) is 41.3 Å². The van der Waals surface area contributed by atoms with E-state index in [2.05, 4.69) is 36.0 Å². The summed E-state index contributed by atoms with van der Waals surface area (Å²) < 4.78 is 13.8. The molecule has 0 spiro atoms. The first kappa shape index (κ1) is 17.6. The fraction of sp³-hybridized carbons (Fsp3) is 0.381. The molecule has 2 aromatic carbocycles. The summed E-state index contributed by atoms with van der Waals surface area (Å²) in [4.78, 5) is 5.76. The summed E-state index contributed by atoms with van der Waals surface area (Å²) in [6, 6.07) is 12.5. The molecule has 1 aromatic heterocycles. The van der Waals surface area contributed by atoms with Gasteiger partial charge in [0.15, 0.2) is 4.90 Å². The Hall–Kier alpha value is -1.82. The molecule has 0 saturated carbocycles. The van der Waals surface area contributed by atoms with E-state index in [4.69, 9.17) is 4.98 Å². The summed E-state index contributed by atoms with van der Waals surface area (Å²) in [6.45, 7) is 4.36. The monoisotopic (exact) mass is 367 g/mol. The molecule has 1 atom stereocenters. The summed E-state index contributed by atoms with van der Waals surface area (Å²) >= 11 is -0.956. The highest BCUT2D eigenvalue weighted by Gasteiger charge is 2.19. The van der Waals surface area contributed by atoms with E-state index in [0.717, 1.165) is 34.9 Å². The van der Waals surface area contributed by atoms with Crippen molar-refractivity contribution in [3.05, 3.63) is 47.5 Å². The smallest absolute Gasteiger partial charge is 0.152 e. The molecular weight excluding hydrogens is 342 g/mol. The van der Waals surface area contributed by atoms with Gasteiger partial charge < -0.3 is 14.4 Å². The van der Waals surface area contributed by atoms with Crippen LogP contribution in [0.5, 0.6) is 0 Å². The van der Waals surface area contributed by atoms with Crippen molar-refractivity contribution in [2.75, 3.05) is 19.3 Å². The highest BCUT2D eigenvalue weighted by Crippen LogP contribution is 2.32. The molecule has 136 valence electrons. The van der Waals surface area contributed by atoms with Crippen molar-refractivity contribution in [3.63, 3.8) is 0 Å². The summed E-state index contributed by atoms with van der Waals surface area (Å²) in [5.74, 6) is 1.59. The Bertz CT molecular complexity index is 925. The second-order valence-electron chi connectivity index (χ2n) is 7.20. The van der Waals surface area contributed by atoms with E-state index in [1.54, 1.807) is 6.26 Å². The van der Waals surface area contributed by atoms with E-state index in [9.17, 15) is 4.55 Å². The number of aryl methyl sites for hydroxylation is 2. The van der Waals surface area contributed by atoms with Gasteiger partial charge in [-0.3, -0.25) is 0 Å². The van der Waals surface area contributed by atoms with Crippen molar-refractivity contribution in [2.45, 2.75) is 30.6 Å². The quantitative estimate of drug-likeness (QED) is 0.717. The molecule has 1 fully saturated rings. The van der Waals surface area contributed by atoms with Crippen LogP contribution in [-0.4, -0.2) is 33.4 Å². The molecule has 0 radical (unpaired) electrons. The van der Waals surface area contributed by atoms with Crippen molar-refractivity contribution in [3.8, 4) is 11.4 Å². The number of imidazole rings is 1. The fourth-order valence-electron chi connectivity index (χ4n) is 3.93. The molecule has 1 saturated heterocycles. The van der Waals surface area contributed by atoms with Crippen LogP contribution in [0.2, 0.25) is 0 Å². The summed E-state index contributed by atoms with van der Waals surface area (Å²) in [7, 11) is 2.09. The largest absolute Gasteiger partial charge is 0.612 e. The van der Waals surface area contributed by atoms with Crippen LogP contribution < -0.4 is 5.32 Å². The molecule has 0 aliphatic carbocycles. The van der Waals surface area contributed by atoms with Gasteiger partial charge in [0.05, 0.1) is 11.0 Å². The third-order valence-corrected chi connectivity index (χ3v) is 6.39. The van der Waals surface area contributed by atoms with Crippen LogP contribution in [0, 0.1) is 6.92 Å². The van der Waals surface area contributed by atoms with E-state index in [1.807, 2.05) is 24.3 Å². The molecule has 2 heterocycles. The predicted molar refractivity (Wildman–Crippen MR) is 108 cm³/mol. The maximum atomic E-state index is 11.6. The third kappa shape index (κ3) is 3.15. The van der Waals surface area contributed by atoms with E-state index in [1.165, 1.54) is 29.5 Å².